The number of rotatable bonds is 10. The van der Waals surface area contributed by atoms with E-state index >= 15 is 0 Å². The number of nitrogens with zero attached hydrogens (tertiary/aromatic N) is 2. The average Bonchev–Trinajstić information content (AvgIpc) is 2.89. The standard InChI is InChI=1S/C27H29Br2N3O5S/c1-18-8-10-22(11-9-18)32(38(35,36)23-12-13-25(37-4)24(29)15-23)17-26(33)31(19(2)27(34)30-3)16-20-6-5-7-21(28)14-20/h5-15,19H,16-17H2,1-4H3,(H,30,34)/t19-/m0/s1. The van der Waals surface area contributed by atoms with Gasteiger partial charge in [0.05, 0.1) is 22.2 Å². The summed E-state index contributed by atoms with van der Waals surface area (Å²) in [6, 6.07) is 17.8. The van der Waals surface area contributed by atoms with Gasteiger partial charge in [-0.1, -0.05) is 45.8 Å². The first-order chi connectivity index (χ1) is 18.0. The molecule has 0 saturated carbocycles. The minimum Gasteiger partial charge on any atom is -0.496 e. The second-order valence-electron chi connectivity index (χ2n) is 8.59. The third-order valence-corrected chi connectivity index (χ3v) is 8.85. The number of hydrogen-bond donors (Lipinski definition) is 1. The van der Waals surface area contributed by atoms with Crippen LogP contribution in [-0.4, -0.2) is 51.9 Å². The molecular weight excluding hydrogens is 638 g/mol. The quantitative estimate of drug-likeness (QED) is 0.333. The summed E-state index contributed by atoms with van der Waals surface area (Å²) in [4.78, 5) is 27.7. The lowest BCUT2D eigenvalue weighted by Gasteiger charge is -2.32. The van der Waals surface area contributed by atoms with Crippen LogP contribution in [0.3, 0.4) is 0 Å². The summed E-state index contributed by atoms with van der Waals surface area (Å²) < 4.78 is 35.4. The molecule has 0 aliphatic carbocycles. The highest BCUT2D eigenvalue weighted by molar-refractivity contribution is 9.10. The van der Waals surface area contributed by atoms with Crippen LogP contribution in [0.2, 0.25) is 0 Å². The van der Waals surface area contributed by atoms with Crippen LogP contribution in [0.5, 0.6) is 5.75 Å². The number of carbonyl (C=O) groups is 2. The third kappa shape index (κ3) is 6.95. The number of halogens is 2. The van der Waals surface area contributed by atoms with E-state index in [4.69, 9.17) is 4.74 Å². The minimum absolute atomic E-state index is 0.0172. The Bertz CT molecular complexity index is 1410. The second kappa shape index (κ2) is 12.8. The summed E-state index contributed by atoms with van der Waals surface area (Å²) in [7, 11) is -1.21. The molecular formula is C27H29Br2N3O5S. The molecule has 0 aromatic heterocycles. The van der Waals surface area contributed by atoms with E-state index in [9.17, 15) is 18.0 Å². The van der Waals surface area contributed by atoms with Crippen molar-refractivity contribution in [3.05, 3.63) is 86.8 Å². The molecule has 0 unspecified atom stereocenters. The van der Waals surface area contributed by atoms with Crippen LogP contribution in [0, 0.1) is 6.92 Å². The minimum atomic E-state index is -4.18. The Hall–Kier alpha value is -2.89. The first-order valence-electron chi connectivity index (χ1n) is 11.7. The van der Waals surface area contributed by atoms with E-state index in [2.05, 4.69) is 37.2 Å². The molecule has 0 heterocycles. The van der Waals surface area contributed by atoms with Crippen LogP contribution >= 0.6 is 31.9 Å². The van der Waals surface area contributed by atoms with Crippen LogP contribution < -0.4 is 14.4 Å². The number of likely N-dealkylation sites (N-methyl/N-ethyl adjacent to an activating group) is 1. The number of carbonyl (C=O) groups excluding carboxylic acids is 2. The van der Waals surface area contributed by atoms with Crippen molar-refractivity contribution in [1.82, 2.24) is 10.2 Å². The van der Waals surface area contributed by atoms with E-state index in [1.807, 2.05) is 31.2 Å². The molecule has 0 bridgehead atoms. The molecule has 202 valence electrons. The lowest BCUT2D eigenvalue weighted by Crippen LogP contribution is -2.50. The number of hydrogen-bond acceptors (Lipinski definition) is 5. The van der Waals surface area contributed by atoms with Crippen LogP contribution in [0.25, 0.3) is 0 Å². The molecule has 0 spiro atoms. The van der Waals surface area contributed by atoms with Crippen molar-refractivity contribution in [3.63, 3.8) is 0 Å². The molecule has 11 heteroatoms. The number of aryl methyl sites for hydroxylation is 1. The summed E-state index contributed by atoms with van der Waals surface area (Å²) >= 11 is 6.77. The van der Waals surface area contributed by atoms with Crippen molar-refractivity contribution in [2.75, 3.05) is 25.0 Å². The van der Waals surface area contributed by atoms with Crippen LogP contribution in [0.15, 0.2) is 80.6 Å². The van der Waals surface area contributed by atoms with Crippen molar-refractivity contribution in [1.29, 1.82) is 0 Å². The highest BCUT2D eigenvalue weighted by Crippen LogP contribution is 2.31. The molecule has 3 aromatic carbocycles. The summed E-state index contributed by atoms with van der Waals surface area (Å²) in [5.74, 6) is -0.420. The number of sulfonamides is 1. The van der Waals surface area contributed by atoms with E-state index in [-0.39, 0.29) is 17.3 Å². The van der Waals surface area contributed by atoms with E-state index in [1.54, 1.807) is 37.3 Å². The lowest BCUT2D eigenvalue weighted by atomic mass is 10.1. The van der Waals surface area contributed by atoms with E-state index in [0.717, 1.165) is 19.9 Å². The van der Waals surface area contributed by atoms with Gasteiger partial charge >= 0.3 is 0 Å². The van der Waals surface area contributed by atoms with Gasteiger partial charge in [0.15, 0.2) is 0 Å². The van der Waals surface area contributed by atoms with Crippen LogP contribution in [-0.2, 0) is 26.2 Å². The van der Waals surface area contributed by atoms with Gasteiger partial charge in [0.1, 0.15) is 18.3 Å². The molecule has 1 atom stereocenters. The Morgan fingerprint density at radius 2 is 1.71 bits per heavy atom. The molecule has 3 aromatic rings. The Labute approximate surface area is 240 Å². The van der Waals surface area contributed by atoms with Gasteiger partial charge in [-0.25, -0.2) is 8.42 Å². The smallest absolute Gasteiger partial charge is 0.264 e. The fourth-order valence-corrected chi connectivity index (χ4v) is 6.38. The van der Waals surface area contributed by atoms with Gasteiger partial charge in [-0.3, -0.25) is 13.9 Å². The van der Waals surface area contributed by atoms with Crippen LogP contribution in [0.1, 0.15) is 18.1 Å². The molecule has 2 amide bonds. The van der Waals surface area contributed by atoms with Crippen molar-refractivity contribution >= 4 is 59.4 Å². The maximum Gasteiger partial charge on any atom is 0.264 e. The zero-order chi connectivity index (χ0) is 28.0. The number of anilines is 1. The molecule has 38 heavy (non-hydrogen) atoms. The van der Waals surface area contributed by atoms with Gasteiger partial charge in [-0.05, 0) is 77.8 Å². The number of nitrogens with one attached hydrogen (secondary N) is 1. The van der Waals surface area contributed by atoms with Gasteiger partial charge < -0.3 is 15.0 Å². The van der Waals surface area contributed by atoms with Crippen LogP contribution in [0.4, 0.5) is 5.69 Å². The Balaban J connectivity index is 2.05. The van der Waals surface area contributed by atoms with Gasteiger partial charge in [0, 0.05) is 18.1 Å². The SMILES string of the molecule is CNC(=O)[C@H](C)N(Cc1cccc(Br)c1)C(=O)CN(c1ccc(C)cc1)S(=O)(=O)c1ccc(OC)c(Br)c1. The molecule has 0 aliphatic rings. The number of benzene rings is 3. The van der Waals surface area contributed by atoms with E-state index in [1.165, 1.54) is 31.2 Å². The second-order valence-corrected chi connectivity index (χ2v) is 12.2. The summed E-state index contributed by atoms with van der Waals surface area (Å²) in [5.41, 5.74) is 2.05. The molecule has 8 nitrogen and oxygen atoms in total. The highest BCUT2D eigenvalue weighted by Gasteiger charge is 2.32. The summed E-state index contributed by atoms with van der Waals surface area (Å²) in [5, 5.41) is 2.57. The molecule has 1 N–H and O–H groups in total. The summed E-state index contributed by atoms with van der Waals surface area (Å²) in [6.45, 7) is 3.10. The molecule has 3 rings (SSSR count). The molecule has 0 saturated heterocycles. The highest BCUT2D eigenvalue weighted by atomic mass is 79.9. The number of ether oxygens (including phenoxy) is 1. The Kier molecular flexibility index (Phi) is 9.97. The van der Waals surface area contributed by atoms with Crippen molar-refractivity contribution in [2.45, 2.75) is 31.3 Å². The molecule has 0 radical (unpaired) electrons. The largest absolute Gasteiger partial charge is 0.496 e. The van der Waals surface area contributed by atoms with Crippen molar-refractivity contribution < 1.29 is 22.7 Å². The fourth-order valence-electron chi connectivity index (χ4n) is 3.80. The van der Waals surface area contributed by atoms with Gasteiger partial charge in [-0.15, -0.1) is 0 Å². The fraction of sp³-hybridized carbons (Fsp3) is 0.259. The predicted molar refractivity (Wildman–Crippen MR) is 155 cm³/mol. The predicted octanol–water partition coefficient (Wildman–Crippen LogP) is 4.89. The van der Waals surface area contributed by atoms with E-state index < -0.39 is 28.5 Å². The third-order valence-electron chi connectivity index (χ3n) is 5.97. The molecule has 0 aliphatic heterocycles. The van der Waals surface area contributed by atoms with Gasteiger partial charge in [-0.2, -0.15) is 0 Å². The van der Waals surface area contributed by atoms with Gasteiger partial charge in [0.25, 0.3) is 10.0 Å². The monoisotopic (exact) mass is 665 g/mol. The number of methoxy groups -OCH3 is 1. The zero-order valence-electron chi connectivity index (χ0n) is 21.4. The average molecular weight is 667 g/mol. The zero-order valence-corrected chi connectivity index (χ0v) is 25.4. The van der Waals surface area contributed by atoms with Crippen molar-refractivity contribution in [2.24, 2.45) is 0 Å². The normalized spacial score (nSPS) is 11.9. The lowest BCUT2D eigenvalue weighted by molar-refractivity contribution is -0.139. The Morgan fingerprint density at radius 3 is 2.29 bits per heavy atom. The van der Waals surface area contributed by atoms with Crippen molar-refractivity contribution in [3.8, 4) is 5.75 Å². The number of amides is 2. The summed E-state index contributed by atoms with van der Waals surface area (Å²) in [6.07, 6.45) is 0. The first kappa shape index (κ1) is 29.7. The van der Waals surface area contributed by atoms with Gasteiger partial charge in [0.2, 0.25) is 11.8 Å². The maximum atomic E-state index is 13.9. The van der Waals surface area contributed by atoms with E-state index in [0.29, 0.717) is 15.9 Å². The Morgan fingerprint density at radius 1 is 1.03 bits per heavy atom. The maximum absolute atomic E-state index is 13.9. The molecule has 0 fully saturated rings. The first-order valence-corrected chi connectivity index (χ1v) is 14.7. The topological polar surface area (TPSA) is 96.0 Å².